The number of pyridine rings is 1. The minimum atomic E-state index is 0.365. The van der Waals surface area contributed by atoms with E-state index in [0.29, 0.717) is 17.7 Å². The lowest BCUT2D eigenvalue weighted by molar-refractivity contribution is 0.0347. The Kier molecular flexibility index (Phi) is 5.54. The number of thiocarbonyl (C=S) groups is 1. The van der Waals surface area contributed by atoms with Gasteiger partial charge in [-0.2, -0.15) is 0 Å². The van der Waals surface area contributed by atoms with Crippen molar-refractivity contribution in [2.45, 2.75) is 38.2 Å². The Morgan fingerprint density at radius 2 is 2.21 bits per heavy atom. The Bertz CT molecular complexity index is 419. The molecule has 0 unspecified atom stereocenters. The van der Waals surface area contributed by atoms with Crippen LogP contribution in [-0.2, 0) is 4.74 Å². The van der Waals surface area contributed by atoms with Crippen LogP contribution < -0.4 is 11.1 Å². The van der Waals surface area contributed by atoms with E-state index in [2.05, 4.69) is 10.3 Å². The van der Waals surface area contributed by atoms with E-state index in [1.165, 1.54) is 32.1 Å². The average molecular weight is 279 g/mol. The number of anilines is 1. The monoisotopic (exact) mass is 279 g/mol. The molecule has 1 aliphatic rings. The minimum Gasteiger partial charge on any atom is -0.389 e. The Morgan fingerprint density at radius 3 is 2.95 bits per heavy atom. The van der Waals surface area contributed by atoms with Crippen LogP contribution in [0.4, 0.5) is 5.82 Å². The van der Waals surface area contributed by atoms with Gasteiger partial charge in [-0.05, 0) is 25.0 Å². The van der Waals surface area contributed by atoms with Gasteiger partial charge in [0.25, 0.3) is 0 Å². The molecular weight excluding hydrogens is 258 g/mol. The zero-order chi connectivity index (χ0) is 13.5. The van der Waals surface area contributed by atoms with Crippen molar-refractivity contribution in [3.05, 3.63) is 23.9 Å². The topological polar surface area (TPSA) is 60.2 Å². The second kappa shape index (κ2) is 7.40. The molecule has 5 heteroatoms. The largest absolute Gasteiger partial charge is 0.389 e. The molecule has 2 rings (SSSR count). The highest BCUT2D eigenvalue weighted by Crippen LogP contribution is 2.20. The molecular formula is C14H21N3OS. The number of ether oxygens (including phenoxy) is 1. The first-order valence-corrected chi connectivity index (χ1v) is 7.28. The van der Waals surface area contributed by atoms with Gasteiger partial charge < -0.3 is 15.8 Å². The minimum absolute atomic E-state index is 0.365. The van der Waals surface area contributed by atoms with Gasteiger partial charge in [-0.1, -0.05) is 31.5 Å². The number of nitrogens with two attached hydrogens (primary N) is 1. The molecule has 0 amide bonds. The summed E-state index contributed by atoms with van der Waals surface area (Å²) in [7, 11) is 0. The van der Waals surface area contributed by atoms with Gasteiger partial charge in [0.2, 0.25) is 0 Å². The third-order valence-electron chi connectivity index (χ3n) is 3.37. The van der Waals surface area contributed by atoms with E-state index in [1.807, 2.05) is 12.1 Å². The lowest BCUT2D eigenvalue weighted by Gasteiger charge is -2.22. The molecule has 0 aromatic carbocycles. The van der Waals surface area contributed by atoms with Crippen LogP contribution in [-0.4, -0.2) is 29.2 Å². The molecule has 3 N–H and O–H groups in total. The van der Waals surface area contributed by atoms with Gasteiger partial charge in [0, 0.05) is 12.7 Å². The van der Waals surface area contributed by atoms with E-state index < -0.39 is 0 Å². The molecule has 0 spiro atoms. The first-order valence-electron chi connectivity index (χ1n) is 6.87. The van der Waals surface area contributed by atoms with Crippen molar-refractivity contribution in [3.63, 3.8) is 0 Å². The van der Waals surface area contributed by atoms with E-state index in [4.69, 9.17) is 22.7 Å². The molecule has 0 radical (unpaired) electrons. The van der Waals surface area contributed by atoms with Crippen LogP contribution in [0.3, 0.4) is 0 Å². The van der Waals surface area contributed by atoms with Gasteiger partial charge >= 0.3 is 0 Å². The molecule has 0 aliphatic heterocycles. The van der Waals surface area contributed by atoms with Crippen molar-refractivity contribution >= 4 is 23.0 Å². The zero-order valence-electron chi connectivity index (χ0n) is 11.1. The smallest absolute Gasteiger partial charge is 0.136 e. The third-order valence-corrected chi connectivity index (χ3v) is 3.59. The van der Waals surface area contributed by atoms with Crippen molar-refractivity contribution in [1.29, 1.82) is 0 Å². The number of hydrogen-bond donors (Lipinski definition) is 2. The van der Waals surface area contributed by atoms with Crippen molar-refractivity contribution in [2.75, 3.05) is 18.5 Å². The third kappa shape index (κ3) is 4.44. The summed E-state index contributed by atoms with van der Waals surface area (Å²) in [5.74, 6) is 0.738. The summed E-state index contributed by atoms with van der Waals surface area (Å²) >= 11 is 5.00. The first-order chi connectivity index (χ1) is 9.27. The lowest BCUT2D eigenvalue weighted by atomic mass is 9.98. The molecule has 1 saturated carbocycles. The molecule has 1 aliphatic carbocycles. The van der Waals surface area contributed by atoms with Crippen molar-refractivity contribution in [1.82, 2.24) is 4.98 Å². The predicted molar refractivity (Wildman–Crippen MR) is 81.4 cm³/mol. The Hall–Kier alpha value is -1.20. The molecule has 1 aromatic rings. The van der Waals surface area contributed by atoms with Crippen molar-refractivity contribution in [3.8, 4) is 0 Å². The molecule has 1 aromatic heterocycles. The molecule has 19 heavy (non-hydrogen) atoms. The van der Waals surface area contributed by atoms with Crippen LogP contribution in [0.25, 0.3) is 0 Å². The fourth-order valence-corrected chi connectivity index (χ4v) is 2.54. The van der Waals surface area contributed by atoms with Gasteiger partial charge in [-0.25, -0.2) is 4.98 Å². The Morgan fingerprint density at radius 1 is 1.42 bits per heavy atom. The maximum Gasteiger partial charge on any atom is 0.136 e. The number of hydrogen-bond acceptors (Lipinski definition) is 4. The van der Waals surface area contributed by atoms with Crippen LogP contribution in [0.5, 0.6) is 0 Å². The highest BCUT2D eigenvalue weighted by molar-refractivity contribution is 7.80. The maximum absolute atomic E-state index is 5.85. The van der Waals surface area contributed by atoms with Gasteiger partial charge in [-0.15, -0.1) is 0 Å². The van der Waals surface area contributed by atoms with Crippen LogP contribution >= 0.6 is 12.2 Å². The fourth-order valence-electron chi connectivity index (χ4n) is 2.37. The van der Waals surface area contributed by atoms with E-state index in [1.54, 1.807) is 6.20 Å². The number of nitrogens with one attached hydrogen (secondary N) is 1. The summed E-state index contributed by atoms with van der Waals surface area (Å²) in [6.07, 6.45) is 8.50. The number of rotatable bonds is 6. The summed E-state index contributed by atoms with van der Waals surface area (Å²) < 4.78 is 5.85. The van der Waals surface area contributed by atoms with Crippen LogP contribution in [0.1, 0.15) is 37.7 Å². The van der Waals surface area contributed by atoms with E-state index in [0.717, 1.165) is 17.9 Å². The number of nitrogens with zero attached hydrogens (tertiary/aromatic N) is 1. The molecule has 1 heterocycles. The normalized spacial score (nSPS) is 16.2. The SMILES string of the molecule is NC(=S)c1cccnc1NCCOC1CCCCC1. The second-order valence-electron chi connectivity index (χ2n) is 4.82. The lowest BCUT2D eigenvalue weighted by Crippen LogP contribution is -2.21. The van der Waals surface area contributed by atoms with E-state index in [-0.39, 0.29) is 0 Å². The first kappa shape index (κ1) is 14.2. The molecule has 0 bridgehead atoms. The highest BCUT2D eigenvalue weighted by atomic mass is 32.1. The summed E-state index contributed by atoms with van der Waals surface area (Å²) in [4.78, 5) is 4.61. The summed E-state index contributed by atoms with van der Waals surface area (Å²) in [5, 5.41) is 3.23. The second-order valence-corrected chi connectivity index (χ2v) is 5.26. The van der Waals surface area contributed by atoms with Gasteiger partial charge in [0.1, 0.15) is 10.8 Å². The van der Waals surface area contributed by atoms with Gasteiger partial charge in [0.05, 0.1) is 18.3 Å². The fraction of sp³-hybridized carbons (Fsp3) is 0.571. The van der Waals surface area contributed by atoms with Gasteiger partial charge in [0.15, 0.2) is 0 Å². The van der Waals surface area contributed by atoms with E-state index in [9.17, 15) is 0 Å². The number of aromatic nitrogens is 1. The maximum atomic E-state index is 5.85. The Balaban J connectivity index is 1.74. The molecule has 0 atom stereocenters. The van der Waals surface area contributed by atoms with Gasteiger partial charge in [-0.3, -0.25) is 0 Å². The predicted octanol–water partition coefficient (Wildman–Crippen LogP) is 2.48. The standard InChI is InChI=1S/C14H21N3OS/c15-13(19)12-7-4-8-16-14(12)17-9-10-18-11-5-2-1-3-6-11/h4,7-8,11H,1-3,5-6,9-10H2,(H2,15,19)(H,16,17). The summed E-state index contributed by atoms with van der Waals surface area (Å²) in [6.45, 7) is 1.42. The van der Waals surface area contributed by atoms with Crippen LogP contribution in [0, 0.1) is 0 Å². The van der Waals surface area contributed by atoms with Crippen molar-refractivity contribution < 1.29 is 4.74 Å². The molecule has 1 fully saturated rings. The van der Waals surface area contributed by atoms with E-state index >= 15 is 0 Å². The quantitative estimate of drug-likeness (QED) is 0.619. The Labute approximate surface area is 119 Å². The summed E-state index contributed by atoms with van der Waals surface area (Å²) in [6, 6.07) is 3.71. The average Bonchev–Trinajstić information content (AvgIpc) is 2.45. The molecule has 0 saturated heterocycles. The molecule has 104 valence electrons. The van der Waals surface area contributed by atoms with Crippen LogP contribution in [0.2, 0.25) is 0 Å². The zero-order valence-corrected chi connectivity index (χ0v) is 11.9. The molecule has 4 nitrogen and oxygen atoms in total. The van der Waals surface area contributed by atoms with Crippen LogP contribution in [0.15, 0.2) is 18.3 Å². The van der Waals surface area contributed by atoms with Crippen molar-refractivity contribution in [2.24, 2.45) is 5.73 Å². The highest BCUT2D eigenvalue weighted by Gasteiger charge is 2.13. The summed E-state index contributed by atoms with van der Waals surface area (Å²) in [5.41, 5.74) is 6.44.